The molecule has 0 aromatic heterocycles. The Hall–Kier alpha value is -1.51. The van der Waals surface area contributed by atoms with E-state index in [1.807, 2.05) is 12.1 Å². The molecule has 23 heavy (non-hydrogen) atoms. The molecular weight excluding hydrogens is 282 g/mol. The summed E-state index contributed by atoms with van der Waals surface area (Å²) < 4.78 is 12.9. The summed E-state index contributed by atoms with van der Waals surface area (Å²) in [6.45, 7) is 3.70. The second-order valence-corrected chi connectivity index (χ2v) is 5.52. The molecule has 0 saturated heterocycles. The molecule has 1 unspecified atom stereocenters. The maximum atomic E-state index is 12.9. The zero-order valence-electron chi connectivity index (χ0n) is 14.0. The summed E-state index contributed by atoms with van der Waals surface area (Å²) in [5, 5.41) is 12.5. The average molecular weight is 302 g/mol. The fourth-order valence-electron chi connectivity index (χ4n) is 2.19. The van der Waals surface area contributed by atoms with Crippen molar-refractivity contribution in [3.8, 4) is 23.0 Å². The summed E-state index contributed by atoms with van der Waals surface area (Å²) in [6.07, 6.45) is 2.87. The first-order valence-electron chi connectivity index (χ1n) is 7.60. The van der Waals surface area contributed by atoms with Crippen LogP contribution in [-0.2, 0) is 5.60 Å². The second kappa shape index (κ2) is 8.95. The first kappa shape index (κ1) is 19.5. The first-order valence-corrected chi connectivity index (χ1v) is 7.60. The van der Waals surface area contributed by atoms with Crippen LogP contribution in [0.3, 0.4) is 0 Å². The van der Waals surface area contributed by atoms with Gasteiger partial charge in [-0.25, -0.2) is 4.39 Å². The van der Waals surface area contributed by atoms with Gasteiger partial charge in [0.1, 0.15) is 5.82 Å². The molecule has 0 saturated carbocycles. The summed E-state index contributed by atoms with van der Waals surface area (Å²) in [4.78, 5) is 0. The van der Waals surface area contributed by atoms with E-state index in [1.54, 1.807) is 31.2 Å². The van der Waals surface area contributed by atoms with Crippen LogP contribution in [0.5, 0.6) is 0 Å². The summed E-state index contributed by atoms with van der Waals surface area (Å²) in [7, 11) is 0. The van der Waals surface area contributed by atoms with Gasteiger partial charge in [-0.3, -0.25) is 0 Å². The van der Waals surface area contributed by atoms with Crippen molar-refractivity contribution in [1.29, 1.82) is 0 Å². The summed E-state index contributed by atoms with van der Waals surface area (Å²) >= 11 is 0. The molecule has 114 valence electrons. The summed E-state index contributed by atoms with van der Waals surface area (Å²) in [6, 6.07) is 13.7. The van der Waals surface area contributed by atoms with E-state index in [9.17, 15) is 9.50 Å². The van der Waals surface area contributed by atoms with Crippen LogP contribution >= 0.6 is 0 Å². The molecule has 0 radical (unpaired) electrons. The molecule has 1 atom stereocenters. The van der Waals surface area contributed by atoms with Crippen LogP contribution in [0.4, 0.5) is 4.39 Å². The van der Waals surface area contributed by atoms with Crippen molar-refractivity contribution in [3.05, 3.63) is 59.9 Å². The third-order valence-corrected chi connectivity index (χ3v) is 3.60. The molecule has 2 rings (SSSR count). The third kappa shape index (κ3) is 5.56. The maximum absolute atomic E-state index is 12.9. The molecule has 2 aromatic rings. The van der Waals surface area contributed by atoms with Gasteiger partial charge in [-0.1, -0.05) is 56.7 Å². The van der Waals surface area contributed by atoms with E-state index in [-0.39, 0.29) is 24.7 Å². The molecule has 0 amide bonds. The Morgan fingerprint density at radius 2 is 1.52 bits per heavy atom. The van der Waals surface area contributed by atoms with Crippen molar-refractivity contribution in [3.63, 3.8) is 0 Å². The van der Waals surface area contributed by atoms with Gasteiger partial charge in [0.15, 0.2) is 0 Å². The molecule has 0 N–H and O–H groups in total. The van der Waals surface area contributed by atoms with Crippen molar-refractivity contribution >= 4 is 0 Å². The van der Waals surface area contributed by atoms with Crippen molar-refractivity contribution in [2.24, 2.45) is 0 Å². The number of hydrogen-bond acceptors (Lipinski definition) is 1. The molecule has 0 bridgehead atoms. The van der Waals surface area contributed by atoms with Gasteiger partial charge in [-0.15, -0.1) is 11.8 Å². The SMILES string of the molecule is CCCCC#CC(C)([O-])c1ccc(-c2ccc(F)cc2)cc1.[Li+]. The number of unbranched alkanes of at least 4 members (excludes halogenated alkanes) is 2. The Balaban J connectivity index is 0.00000264. The van der Waals surface area contributed by atoms with Gasteiger partial charge in [0.05, 0.1) is 0 Å². The monoisotopic (exact) mass is 302 g/mol. The van der Waals surface area contributed by atoms with E-state index in [1.165, 1.54) is 12.1 Å². The Morgan fingerprint density at radius 1 is 1.00 bits per heavy atom. The summed E-state index contributed by atoms with van der Waals surface area (Å²) in [5.41, 5.74) is 1.14. The van der Waals surface area contributed by atoms with E-state index in [0.29, 0.717) is 5.56 Å². The Morgan fingerprint density at radius 3 is 2.04 bits per heavy atom. The Labute approximate surface area is 150 Å². The average Bonchev–Trinajstić information content (AvgIpc) is 2.52. The van der Waals surface area contributed by atoms with Gasteiger partial charge in [-0.05, 0) is 40.8 Å². The summed E-state index contributed by atoms with van der Waals surface area (Å²) in [5.74, 6) is 5.54. The molecule has 0 aliphatic heterocycles. The number of benzene rings is 2. The van der Waals surface area contributed by atoms with Crippen molar-refractivity contribution < 1.29 is 28.4 Å². The van der Waals surface area contributed by atoms with Crippen LogP contribution in [0.2, 0.25) is 0 Å². The predicted molar refractivity (Wildman–Crippen MR) is 86.5 cm³/mol. The zero-order chi connectivity index (χ0) is 16.0. The minimum Gasteiger partial charge on any atom is -0.837 e. The zero-order valence-corrected chi connectivity index (χ0v) is 14.0. The first-order chi connectivity index (χ1) is 10.5. The molecule has 0 aliphatic rings. The van der Waals surface area contributed by atoms with E-state index < -0.39 is 5.60 Å². The van der Waals surface area contributed by atoms with Crippen LogP contribution in [0.1, 0.15) is 38.7 Å². The van der Waals surface area contributed by atoms with Crippen LogP contribution in [-0.4, -0.2) is 0 Å². The van der Waals surface area contributed by atoms with E-state index in [0.717, 1.165) is 30.4 Å². The van der Waals surface area contributed by atoms with Crippen molar-refractivity contribution in [2.45, 2.75) is 38.7 Å². The van der Waals surface area contributed by atoms with Gasteiger partial charge < -0.3 is 5.11 Å². The topological polar surface area (TPSA) is 23.1 Å². The molecular formula is C20H20FLiO. The molecule has 3 heteroatoms. The molecule has 1 nitrogen and oxygen atoms in total. The third-order valence-electron chi connectivity index (χ3n) is 3.60. The molecule has 0 aliphatic carbocycles. The van der Waals surface area contributed by atoms with Gasteiger partial charge in [0.2, 0.25) is 0 Å². The minimum absolute atomic E-state index is 0. The van der Waals surface area contributed by atoms with Gasteiger partial charge >= 0.3 is 18.9 Å². The van der Waals surface area contributed by atoms with Crippen molar-refractivity contribution in [2.75, 3.05) is 0 Å². The molecule has 2 aromatic carbocycles. The fourth-order valence-corrected chi connectivity index (χ4v) is 2.19. The standard InChI is InChI=1S/C20H20FO.Li/c1-3-4-5-6-15-20(2,22)18-11-7-16(8-12-18)17-9-13-19(21)14-10-17;/h7-14H,3-5H2,1-2H3;/q-1;+1. The van der Waals surface area contributed by atoms with Crippen LogP contribution in [0.25, 0.3) is 11.1 Å². The molecule has 0 heterocycles. The maximum Gasteiger partial charge on any atom is 1.00 e. The van der Waals surface area contributed by atoms with E-state index in [2.05, 4.69) is 18.8 Å². The minimum atomic E-state index is -1.39. The van der Waals surface area contributed by atoms with Crippen LogP contribution < -0.4 is 24.0 Å². The van der Waals surface area contributed by atoms with Crippen LogP contribution in [0, 0.1) is 17.7 Å². The smallest absolute Gasteiger partial charge is 0.837 e. The van der Waals surface area contributed by atoms with Gasteiger partial charge in [0, 0.05) is 6.42 Å². The number of halogens is 1. The molecule has 0 fully saturated rings. The second-order valence-electron chi connectivity index (χ2n) is 5.52. The Bertz CT molecular complexity index is 664. The normalized spacial score (nSPS) is 12.5. The Kier molecular flexibility index (Phi) is 7.60. The number of rotatable bonds is 4. The predicted octanol–water partition coefficient (Wildman–Crippen LogP) is 1.27. The van der Waals surface area contributed by atoms with Gasteiger partial charge in [-0.2, -0.15) is 0 Å². The quantitative estimate of drug-likeness (QED) is 0.474. The van der Waals surface area contributed by atoms with Crippen molar-refractivity contribution in [1.82, 2.24) is 0 Å². The molecule has 0 spiro atoms. The van der Waals surface area contributed by atoms with E-state index >= 15 is 0 Å². The number of hydrogen-bond donors (Lipinski definition) is 0. The van der Waals surface area contributed by atoms with Crippen LogP contribution in [0.15, 0.2) is 48.5 Å². The van der Waals surface area contributed by atoms with Gasteiger partial charge in [0.25, 0.3) is 0 Å². The largest absolute Gasteiger partial charge is 1.00 e. The fraction of sp³-hybridized carbons (Fsp3) is 0.300. The van der Waals surface area contributed by atoms with E-state index in [4.69, 9.17) is 0 Å².